The first kappa shape index (κ1) is 20.4. The van der Waals surface area contributed by atoms with Gasteiger partial charge in [-0.25, -0.2) is 17.9 Å². The molecular formula is C16H26N2O5S. The molecule has 7 nitrogen and oxygen atoms in total. The Balaban J connectivity index is 3.24. The van der Waals surface area contributed by atoms with Gasteiger partial charge in [0, 0.05) is 19.2 Å². The van der Waals surface area contributed by atoms with Crippen LogP contribution in [-0.4, -0.2) is 45.3 Å². The minimum atomic E-state index is -3.85. The molecule has 24 heavy (non-hydrogen) atoms. The Bertz CT molecular complexity index is 660. The van der Waals surface area contributed by atoms with Gasteiger partial charge < -0.3 is 15.2 Å². The molecule has 0 aromatic heterocycles. The number of sulfonamides is 1. The number of benzene rings is 1. The first-order chi connectivity index (χ1) is 11.2. The molecule has 0 aliphatic heterocycles. The zero-order valence-electron chi connectivity index (χ0n) is 14.5. The molecule has 1 rings (SSSR count). The summed E-state index contributed by atoms with van der Waals surface area (Å²) in [6.45, 7) is 5.98. The maximum Gasteiger partial charge on any atom is 0.335 e. The molecule has 0 aliphatic carbocycles. The number of carboxylic acids is 1. The summed E-state index contributed by atoms with van der Waals surface area (Å²) in [5.74, 6) is -1.18. The van der Waals surface area contributed by atoms with Gasteiger partial charge in [0.15, 0.2) is 0 Å². The summed E-state index contributed by atoms with van der Waals surface area (Å²) < 4.78 is 33.0. The molecule has 3 N–H and O–H groups in total. The number of ether oxygens (including phenoxy) is 1. The van der Waals surface area contributed by atoms with Gasteiger partial charge in [-0.3, -0.25) is 0 Å². The first-order valence-electron chi connectivity index (χ1n) is 7.86. The van der Waals surface area contributed by atoms with E-state index in [-0.39, 0.29) is 22.5 Å². The largest absolute Gasteiger partial charge is 0.478 e. The van der Waals surface area contributed by atoms with E-state index in [4.69, 9.17) is 9.84 Å². The molecule has 0 bridgehead atoms. The van der Waals surface area contributed by atoms with E-state index in [2.05, 4.69) is 10.0 Å². The summed E-state index contributed by atoms with van der Waals surface area (Å²) in [4.78, 5) is 11.1. The molecule has 0 unspecified atom stereocenters. The van der Waals surface area contributed by atoms with Gasteiger partial charge in [0.25, 0.3) is 0 Å². The predicted molar refractivity (Wildman–Crippen MR) is 93.1 cm³/mol. The van der Waals surface area contributed by atoms with Crippen LogP contribution < -0.4 is 10.0 Å². The Kier molecular flexibility index (Phi) is 7.65. The normalized spacial score (nSPS) is 14.2. The number of carbonyl (C=O) groups is 1. The average molecular weight is 358 g/mol. The maximum atomic E-state index is 12.7. The van der Waals surface area contributed by atoms with Crippen LogP contribution in [0.3, 0.4) is 0 Å². The second-order valence-corrected chi connectivity index (χ2v) is 7.51. The highest BCUT2D eigenvalue weighted by molar-refractivity contribution is 7.89. The molecule has 1 aromatic rings. The Morgan fingerprint density at radius 2 is 1.96 bits per heavy atom. The zero-order chi connectivity index (χ0) is 18.3. The number of carboxylic acid groups (broad SMARTS) is 1. The maximum absolute atomic E-state index is 12.7. The van der Waals surface area contributed by atoms with Crippen molar-refractivity contribution in [2.75, 3.05) is 19.0 Å². The Morgan fingerprint density at radius 1 is 1.29 bits per heavy atom. The third-order valence-corrected chi connectivity index (χ3v) is 5.04. The predicted octanol–water partition coefficient (Wildman–Crippen LogP) is 2.30. The lowest BCUT2D eigenvalue weighted by Gasteiger charge is -2.20. The lowest BCUT2D eigenvalue weighted by Crippen LogP contribution is -2.33. The lowest BCUT2D eigenvalue weighted by molar-refractivity contribution is 0.0696. The van der Waals surface area contributed by atoms with E-state index in [1.165, 1.54) is 18.2 Å². The van der Waals surface area contributed by atoms with E-state index in [9.17, 15) is 13.2 Å². The summed E-state index contributed by atoms with van der Waals surface area (Å²) in [5.41, 5.74) is 0.268. The van der Waals surface area contributed by atoms with Gasteiger partial charge in [0.2, 0.25) is 10.0 Å². The molecule has 0 saturated carbocycles. The van der Waals surface area contributed by atoms with Crippen molar-refractivity contribution in [2.45, 2.75) is 50.6 Å². The van der Waals surface area contributed by atoms with E-state index in [1.54, 1.807) is 14.0 Å². The van der Waals surface area contributed by atoms with E-state index in [0.29, 0.717) is 18.7 Å². The summed E-state index contributed by atoms with van der Waals surface area (Å²) in [7, 11) is -2.29. The van der Waals surface area contributed by atoms with Crippen LogP contribution in [-0.2, 0) is 14.8 Å². The molecule has 0 saturated heterocycles. The molecule has 0 radical (unpaired) electrons. The number of hydrogen-bond acceptors (Lipinski definition) is 5. The monoisotopic (exact) mass is 358 g/mol. The number of nitrogens with one attached hydrogen (secondary N) is 2. The second-order valence-electron chi connectivity index (χ2n) is 5.83. The van der Waals surface area contributed by atoms with Crippen molar-refractivity contribution in [1.82, 2.24) is 4.72 Å². The fourth-order valence-corrected chi connectivity index (χ4v) is 3.85. The molecule has 0 amide bonds. The molecule has 0 spiro atoms. The Labute approximate surface area is 143 Å². The van der Waals surface area contributed by atoms with E-state index in [0.717, 1.165) is 6.42 Å². The zero-order valence-corrected chi connectivity index (χ0v) is 15.3. The number of aromatic carboxylic acids is 1. The highest BCUT2D eigenvalue weighted by atomic mass is 32.2. The minimum Gasteiger partial charge on any atom is -0.478 e. The summed E-state index contributed by atoms with van der Waals surface area (Å²) in [5, 5.41) is 12.2. The lowest BCUT2D eigenvalue weighted by atomic mass is 10.2. The molecular weight excluding hydrogens is 332 g/mol. The number of hydrogen-bond donors (Lipinski definition) is 3. The molecule has 136 valence electrons. The van der Waals surface area contributed by atoms with Crippen molar-refractivity contribution in [2.24, 2.45) is 0 Å². The van der Waals surface area contributed by atoms with Crippen LogP contribution in [0.4, 0.5) is 5.69 Å². The van der Waals surface area contributed by atoms with Crippen LogP contribution in [0.5, 0.6) is 0 Å². The fourth-order valence-electron chi connectivity index (χ4n) is 2.37. The van der Waals surface area contributed by atoms with Gasteiger partial charge in [-0.2, -0.15) is 0 Å². The fraction of sp³-hybridized carbons (Fsp3) is 0.562. The minimum absolute atomic E-state index is 0.0756. The summed E-state index contributed by atoms with van der Waals surface area (Å²) >= 11 is 0. The van der Waals surface area contributed by atoms with Gasteiger partial charge in [0.1, 0.15) is 4.90 Å². The van der Waals surface area contributed by atoms with Crippen molar-refractivity contribution in [3.63, 3.8) is 0 Å². The van der Waals surface area contributed by atoms with Crippen LogP contribution in [0.1, 0.15) is 44.0 Å². The van der Waals surface area contributed by atoms with Crippen molar-refractivity contribution in [1.29, 1.82) is 0 Å². The van der Waals surface area contributed by atoms with Crippen molar-refractivity contribution in [3.8, 4) is 0 Å². The van der Waals surface area contributed by atoms with Crippen LogP contribution in [0.15, 0.2) is 23.1 Å². The van der Waals surface area contributed by atoms with Gasteiger partial charge in [-0.15, -0.1) is 0 Å². The van der Waals surface area contributed by atoms with Crippen LogP contribution in [0, 0.1) is 0 Å². The molecule has 0 aliphatic rings. The first-order valence-corrected chi connectivity index (χ1v) is 9.34. The molecule has 0 heterocycles. The molecule has 1 aromatic carbocycles. The van der Waals surface area contributed by atoms with E-state index < -0.39 is 16.0 Å². The van der Waals surface area contributed by atoms with Crippen LogP contribution >= 0.6 is 0 Å². The van der Waals surface area contributed by atoms with Crippen molar-refractivity contribution < 1.29 is 23.1 Å². The Hall–Kier alpha value is -1.64. The van der Waals surface area contributed by atoms with Gasteiger partial charge in [-0.1, -0.05) is 13.3 Å². The van der Waals surface area contributed by atoms with Crippen molar-refractivity contribution >= 4 is 21.7 Å². The van der Waals surface area contributed by atoms with E-state index in [1.807, 2.05) is 13.8 Å². The topological polar surface area (TPSA) is 105 Å². The Morgan fingerprint density at radius 3 is 2.50 bits per heavy atom. The third kappa shape index (κ3) is 5.77. The third-order valence-electron chi connectivity index (χ3n) is 3.41. The van der Waals surface area contributed by atoms with E-state index >= 15 is 0 Å². The smallest absolute Gasteiger partial charge is 0.335 e. The van der Waals surface area contributed by atoms with Gasteiger partial charge in [-0.05, 0) is 38.5 Å². The molecule has 8 heteroatoms. The summed E-state index contributed by atoms with van der Waals surface area (Å²) in [6.07, 6.45) is 1.54. The molecule has 2 atom stereocenters. The molecule has 0 fully saturated rings. The quantitative estimate of drug-likeness (QED) is 0.593. The van der Waals surface area contributed by atoms with Crippen molar-refractivity contribution in [3.05, 3.63) is 23.8 Å². The number of anilines is 1. The number of methoxy groups -OCH3 is 1. The summed E-state index contributed by atoms with van der Waals surface area (Å²) in [6, 6.07) is 3.64. The number of rotatable bonds is 10. The highest BCUT2D eigenvalue weighted by Crippen LogP contribution is 2.24. The van der Waals surface area contributed by atoms with Crippen LogP contribution in [0.25, 0.3) is 0 Å². The second kappa shape index (κ2) is 9.00. The van der Waals surface area contributed by atoms with Gasteiger partial charge >= 0.3 is 5.97 Å². The highest BCUT2D eigenvalue weighted by Gasteiger charge is 2.23. The SMILES string of the molecule is CCC[C@@H](C)NS(=O)(=O)c1cc(C(=O)O)ccc1N[C@H](C)COC. The average Bonchev–Trinajstić information content (AvgIpc) is 2.47. The van der Waals surface area contributed by atoms with Crippen LogP contribution in [0.2, 0.25) is 0 Å². The van der Waals surface area contributed by atoms with Gasteiger partial charge in [0.05, 0.1) is 17.9 Å². The standard InChI is InChI=1S/C16H26N2O5S/c1-5-6-11(2)18-24(21,22)15-9-13(16(19)20)7-8-14(15)17-12(3)10-23-4/h7-9,11-12,17-18H,5-6,10H2,1-4H3,(H,19,20)/t11-,12-/m1/s1.